The highest BCUT2D eigenvalue weighted by Gasteiger charge is 2.24. The number of hydrogen-bond acceptors (Lipinski definition) is 6. The van der Waals surface area contributed by atoms with Crippen LogP contribution >= 0.6 is 0 Å². The molecule has 0 aliphatic rings. The van der Waals surface area contributed by atoms with Gasteiger partial charge in [-0.3, -0.25) is 14.9 Å². The van der Waals surface area contributed by atoms with Gasteiger partial charge in [0.1, 0.15) is 11.3 Å². The first kappa shape index (κ1) is 14.5. The van der Waals surface area contributed by atoms with Gasteiger partial charge in [-0.05, 0) is 18.6 Å². The number of nitro groups is 1. The fraction of sp³-hybridized carbons (Fsp3) is 0.231. The molecule has 2 aromatic rings. The summed E-state index contributed by atoms with van der Waals surface area (Å²) in [6.07, 6.45) is 0.210. The topological polar surface area (TPSA) is 123 Å². The monoisotopic (exact) mass is 292 g/mol. The maximum atomic E-state index is 11.7. The van der Waals surface area contributed by atoms with Gasteiger partial charge in [0.05, 0.1) is 4.92 Å². The van der Waals surface area contributed by atoms with Crippen molar-refractivity contribution in [2.75, 3.05) is 11.9 Å². The van der Waals surface area contributed by atoms with Crippen molar-refractivity contribution in [3.05, 3.63) is 44.8 Å². The molecular formula is C13H12N2O6. The number of benzene rings is 1. The minimum absolute atomic E-state index is 0.0530. The van der Waals surface area contributed by atoms with Gasteiger partial charge in [-0.25, -0.2) is 4.79 Å². The van der Waals surface area contributed by atoms with Gasteiger partial charge in [0.2, 0.25) is 0 Å². The third kappa shape index (κ3) is 3.16. The Labute approximate surface area is 118 Å². The number of carboxylic acid groups (broad SMARTS) is 1. The molecule has 0 aliphatic carbocycles. The molecule has 0 spiro atoms. The molecule has 0 saturated heterocycles. The van der Waals surface area contributed by atoms with Crippen molar-refractivity contribution in [1.82, 2.24) is 0 Å². The van der Waals surface area contributed by atoms with Crippen molar-refractivity contribution in [3.8, 4) is 0 Å². The number of nitrogens with zero attached hydrogens (tertiary/aromatic N) is 1. The second-order valence-corrected chi connectivity index (χ2v) is 4.29. The molecule has 0 fully saturated rings. The number of rotatable bonds is 6. The van der Waals surface area contributed by atoms with E-state index in [2.05, 4.69) is 5.32 Å². The predicted molar refractivity (Wildman–Crippen MR) is 74.5 cm³/mol. The largest absolute Gasteiger partial charge is 0.481 e. The second kappa shape index (κ2) is 6.04. The van der Waals surface area contributed by atoms with Crippen molar-refractivity contribution in [2.24, 2.45) is 0 Å². The molecule has 0 radical (unpaired) electrons. The van der Waals surface area contributed by atoms with Crippen LogP contribution in [0.1, 0.15) is 12.8 Å². The van der Waals surface area contributed by atoms with Crippen molar-refractivity contribution in [2.45, 2.75) is 12.8 Å². The van der Waals surface area contributed by atoms with Gasteiger partial charge in [0.25, 0.3) is 0 Å². The minimum atomic E-state index is -1.04. The van der Waals surface area contributed by atoms with Gasteiger partial charge < -0.3 is 14.8 Å². The molecule has 2 rings (SSSR count). The molecular weight excluding hydrogens is 280 g/mol. The molecule has 0 bridgehead atoms. The van der Waals surface area contributed by atoms with Gasteiger partial charge in [0, 0.05) is 18.4 Å². The summed E-state index contributed by atoms with van der Waals surface area (Å²) in [6, 6.07) is 6.42. The average Bonchev–Trinajstić information content (AvgIpc) is 2.42. The molecule has 21 heavy (non-hydrogen) atoms. The smallest absolute Gasteiger partial charge is 0.417 e. The van der Waals surface area contributed by atoms with E-state index in [-0.39, 0.29) is 30.7 Å². The summed E-state index contributed by atoms with van der Waals surface area (Å²) in [4.78, 5) is 32.4. The molecule has 1 heterocycles. The standard InChI is InChI=1S/C13H12N2O6/c16-10(17)6-3-7-14-11-8-4-1-2-5-9(8)21-13(18)12(11)15(19)20/h1-2,4-5,14H,3,6-7H2,(H,16,17). The van der Waals surface area contributed by atoms with E-state index in [4.69, 9.17) is 9.52 Å². The van der Waals surface area contributed by atoms with E-state index >= 15 is 0 Å². The maximum absolute atomic E-state index is 11.7. The van der Waals surface area contributed by atoms with Crippen LogP contribution in [0.25, 0.3) is 11.0 Å². The van der Waals surface area contributed by atoms with E-state index in [0.29, 0.717) is 5.39 Å². The van der Waals surface area contributed by atoms with Crippen LogP contribution in [-0.2, 0) is 4.79 Å². The Kier molecular flexibility index (Phi) is 4.17. The lowest BCUT2D eigenvalue weighted by Crippen LogP contribution is -2.13. The Morgan fingerprint density at radius 3 is 2.76 bits per heavy atom. The van der Waals surface area contributed by atoms with Gasteiger partial charge in [-0.1, -0.05) is 12.1 Å². The molecule has 8 heteroatoms. The Morgan fingerprint density at radius 2 is 2.10 bits per heavy atom. The summed E-state index contributed by atoms with van der Waals surface area (Å²) in [5.41, 5.74) is -1.44. The Bertz CT molecular complexity index is 752. The lowest BCUT2D eigenvalue weighted by Gasteiger charge is -2.08. The third-order valence-corrected chi connectivity index (χ3v) is 2.84. The summed E-state index contributed by atoms with van der Waals surface area (Å²) in [6.45, 7) is 0.195. The fourth-order valence-electron chi connectivity index (χ4n) is 1.94. The fourth-order valence-corrected chi connectivity index (χ4v) is 1.94. The molecule has 8 nitrogen and oxygen atoms in total. The molecule has 0 unspecified atom stereocenters. The molecule has 0 amide bonds. The minimum Gasteiger partial charge on any atom is -0.481 e. The zero-order valence-electron chi connectivity index (χ0n) is 10.9. The van der Waals surface area contributed by atoms with Crippen molar-refractivity contribution < 1.29 is 19.2 Å². The molecule has 0 aliphatic heterocycles. The average molecular weight is 292 g/mol. The number of hydrogen-bond donors (Lipinski definition) is 2. The lowest BCUT2D eigenvalue weighted by atomic mass is 10.2. The van der Waals surface area contributed by atoms with Crippen LogP contribution in [0.5, 0.6) is 0 Å². The number of carbonyl (C=O) groups is 1. The number of anilines is 1. The van der Waals surface area contributed by atoms with Crippen LogP contribution in [0, 0.1) is 10.1 Å². The number of para-hydroxylation sites is 1. The normalized spacial score (nSPS) is 10.5. The summed E-state index contributed by atoms with van der Waals surface area (Å²) >= 11 is 0. The van der Waals surface area contributed by atoms with Crippen LogP contribution in [0.15, 0.2) is 33.5 Å². The summed E-state index contributed by atoms with van der Waals surface area (Å²) in [5.74, 6) is -0.955. The summed E-state index contributed by atoms with van der Waals surface area (Å²) in [7, 11) is 0. The van der Waals surface area contributed by atoms with E-state index < -0.39 is 22.2 Å². The number of nitrogens with one attached hydrogen (secondary N) is 1. The van der Waals surface area contributed by atoms with E-state index in [0.717, 1.165) is 0 Å². The van der Waals surface area contributed by atoms with Crippen LogP contribution in [0.4, 0.5) is 11.4 Å². The first-order valence-electron chi connectivity index (χ1n) is 6.16. The van der Waals surface area contributed by atoms with E-state index in [1.54, 1.807) is 18.2 Å². The first-order valence-corrected chi connectivity index (χ1v) is 6.16. The van der Waals surface area contributed by atoms with Crippen LogP contribution < -0.4 is 10.9 Å². The zero-order valence-corrected chi connectivity index (χ0v) is 10.9. The number of fused-ring (bicyclic) bond motifs is 1. The zero-order chi connectivity index (χ0) is 15.4. The first-order chi connectivity index (χ1) is 10.0. The quantitative estimate of drug-likeness (QED) is 0.361. The van der Waals surface area contributed by atoms with Crippen molar-refractivity contribution in [3.63, 3.8) is 0 Å². The highest BCUT2D eigenvalue weighted by molar-refractivity contribution is 5.94. The van der Waals surface area contributed by atoms with Gasteiger partial charge in [0.15, 0.2) is 0 Å². The molecule has 110 valence electrons. The lowest BCUT2D eigenvalue weighted by molar-refractivity contribution is -0.386. The molecule has 0 atom stereocenters. The molecule has 1 aromatic heterocycles. The van der Waals surface area contributed by atoms with E-state index in [9.17, 15) is 19.7 Å². The van der Waals surface area contributed by atoms with Gasteiger partial charge in [-0.15, -0.1) is 0 Å². The van der Waals surface area contributed by atoms with Crippen LogP contribution in [-0.4, -0.2) is 22.5 Å². The predicted octanol–water partition coefficient (Wildman–Crippen LogP) is 1.98. The Morgan fingerprint density at radius 1 is 1.38 bits per heavy atom. The van der Waals surface area contributed by atoms with E-state index in [1.165, 1.54) is 6.07 Å². The number of aliphatic carboxylic acids is 1. The molecule has 0 saturated carbocycles. The SMILES string of the molecule is O=C(O)CCCNc1c([N+](=O)[O-])c(=O)oc2ccccc12. The Balaban J connectivity index is 2.42. The number of carboxylic acids is 1. The van der Waals surface area contributed by atoms with Gasteiger partial charge >= 0.3 is 17.3 Å². The maximum Gasteiger partial charge on any atom is 0.417 e. The van der Waals surface area contributed by atoms with Gasteiger partial charge in [-0.2, -0.15) is 0 Å². The summed E-state index contributed by atoms with van der Waals surface area (Å²) in [5, 5.41) is 22.8. The second-order valence-electron chi connectivity index (χ2n) is 4.29. The van der Waals surface area contributed by atoms with E-state index in [1.807, 2.05) is 0 Å². The highest BCUT2D eigenvalue weighted by atomic mass is 16.6. The van der Waals surface area contributed by atoms with Crippen molar-refractivity contribution >= 4 is 28.3 Å². The highest BCUT2D eigenvalue weighted by Crippen LogP contribution is 2.29. The van der Waals surface area contributed by atoms with Crippen LogP contribution in [0.3, 0.4) is 0 Å². The Hall–Kier alpha value is -2.90. The van der Waals surface area contributed by atoms with Crippen molar-refractivity contribution in [1.29, 1.82) is 0 Å². The third-order valence-electron chi connectivity index (χ3n) is 2.84. The molecule has 2 N–H and O–H groups in total. The molecule has 1 aromatic carbocycles. The summed E-state index contributed by atoms with van der Waals surface area (Å²) < 4.78 is 4.91. The van der Waals surface area contributed by atoms with Crippen LogP contribution in [0.2, 0.25) is 0 Å².